The van der Waals surface area contributed by atoms with Crippen LogP contribution in [0.5, 0.6) is 0 Å². The number of ether oxygens (including phenoxy) is 1. The molecule has 0 amide bonds. The third-order valence-electron chi connectivity index (χ3n) is 2.54. The van der Waals surface area contributed by atoms with Gasteiger partial charge in [0, 0.05) is 13.1 Å². The molecule has 1 aliphatic rings. The standard InChI is InChI=1S/C8H17N3O2/c1-8(2,7(9)10-12)11-3-5-13-6-4-11/h12H,3-6H2,1-2H3,(H2,9,10). The van der Waals surface area contributed by atoms with Gasteiger partial charge in [-0.05, 0) is 13.8 Å². The van der Waals surface area contributed by atoms with E-state index in [1.165, 1.54) is 0 Å². The Morgan fingerprint density at radius 1 is 1.46 bits per heavy atom. The van der Waals surface area contributed by atoms with Gasteiger partial charge in [-0.15, -0.1) is 0 Å². The molecule has 1 rings (SSSR count). The molecule has 76 valence electrons. The van der Waals surface area contributed by atoms with Crippen LogP contribution in [0.4, 0.5) is 0 Å². The summed E-state index contributed by atoms with van der Waals surface area (Å²) in [6.07, 6.45) is 0. The summed E-state index contributed by atoms with van der Waals surface area (Å²) in [4.78, 5) is 2.14. The third-order valence-corrected chi connectivity index (χ3v) is 2.54. The van der Waals surface area contributed by atoms with Crippen LogP contribution in [0.25, 0.3) is 0 Å². The second-order valence-electron chi connectivity index (χ2n) is 3.64. The van der Waals surface area contributed by atoms with Crippen LogP contribution in [0, 0.1) is 0 Å². The molecule has 0 unspecified atom stereocenters. The highest BCUT2D eigenvalue weighted by Crippen LogP contribution is 2.15. The lowest BCUT2D eigenvalue weighted by Crippen LogP contribution is -2.56. The first-order valence-electron chi connectivity index (χ1n) is 4.40. The Hall–Kier alpha value is -0.810. The van der Waals surface area contributed by atoms with Crippen molar-refractivity contribution >= 4 is 5.84 Å². The molecule has 13 heavy (non-hydrogen) atoms. The summed E-state index contributed by atoms with van der Waals surface area (Å²) in [5.74, 6) is 0.245. The van der Waals surface area contributed by atoms with Gasteiger partial charge < -0.3 is 15.7 Å². The molecule has 0 radical (unpaired) electrons. The minimum absolute atomic E-state index is 0.245. The van der Waals surface area contributed by atoms with Crippen LogP contribution in [0.1, 0.15) is 13.8 Å². The highest BCUT2D eigenvalue weighted by Gasteiger charge is 2.32. The van der Waals surface area contributed by atoms with Crippen molar-refractivity contribution in [1.82, 2.24) is 4.90 Å². The molecule has 0 aromatic carbocycles. The van der Waals surface area contributed by atoms with E-state index in [9.17, 15) is 0 Å². The topological polar surface area (TPSA) is 71.1 Å². The van der Waals surface area contributed by atoms with E-state index < -0.39 is 5.54 Å². The zero-order valence-electron chi connectivity index (χ0n) is 8.16. The van der Waals surface area contributed by atoms with Gasteiger partial charge in [0.05, 0.1) is 18.8 Å². The Morgan fingerprint density at radius 3 is 2.46 bits per heavy atom. The van der Waals surface area contributed by atoms with Gasteiger partial charge in [0.15, 0.2) is 5.84 Å². The van der Waals surface area contributed by atoms with Gasteiger partial charge in [-0.2, -0.15) is 0 Å². The van der Waals surface area contributed by atoms with Gasteiger partial charge in [-0.3, -0.25) is 4.90 Å². The number of nitrogens with two attached hydrogens (primary N) is 1. The lowest BCUT2D eigenvalue weighted by atomic mass is 10.0. The van der Waals surface area contributed by atoms with Gasteiger partial charge >= 0.3 is 0 Å². The van der Waals surface area contributed by atoms with E-state index in [1.54, 1.807) is 0 Å². The average Bonchev–Trinajstić information content (AvgIpc) is 2.18. The molecule has 0 atom stereocenters. The van der Waals surface area contributed by atoms with Crippen molar-refractivity contribution in [2.75, 3.05) is 26.3 Å². The van der Waals surface area contributed by atoms with E-state index in [4.69, 9.17) is 15.7 Å². The van der Waals surface area contributed by atoms with Crippen molar-refractivity contribution < 1.29 is 9.94 Å². The van der Waals surface area contributed by atoms with Crippen molar-refractivity contribution in [3.05, 3.63) is 0 Å². The normalized spacial score (nSPS) is 21.8. The summed E-state index contributed by atoms with van der Waals surface area (Å²) in [5, 5.41) is 11.7. The predicted octanol–water partition coefficient (Wildman–Crippen LogP) is -0.156. The summed E-state index contributed by atoms with van der Waals surface area (Å²) >= 11 is 0. The second kappa shape index (κ2) is 3.93. The Morgan fingerprint density at radius 2 is 2.00 bits per heavy atom. The van der Waals surface area contributed by atoms with Crippen molar-refractivity contribution in [1.29, 1.82) is 0 Å². The zero-order chi connectivity index (χ0) is 9.90. The first-order chi connectivity index (χ1) is 6.09. The molecular formula is C8H17N3O2. The average molecular weight is 187 g/mol. The molecule has 1 heterocycles. The number of amidine groups is 1. The highest BCUT2D eigenvalue weighted by molar-refractivity contribution is 5.88. The SMILES string of the molecule is CC(C)(C(N)=NO)N1CCOCC1. The van der Waals surface area contributed by atoms with Crippen LogP contribution in [-0.4, -0.2) is 47.8 Å². The first kappa shape index (κ1) is 10.3. The van der Waals surface area contributed by atoms with E-state index >= 15 is 0 Å². The van der Waals surface area contributed by atoms with Crippen LogP contribution < -0.4 is 5.73 Å². The van der Waals surface area contributed by atoms with E-state index in [0.29, 0.717) is 13.2 Å². The van der Waals surface area contributed by atoms with Gasteiger partial charge in [0.1, 0.15) is 0 Å². The van der Waals surface area contributed by atoms with Crippen LogP contribution in [0.2, 0.25) is 0 Å². The first-order valence-corrected chi connectivity index (χ1v) is 4.40. The third kappa shape index (κ3) is 2.10. The fourth-order valence-electron chi connectivity index (χ4n) is 1.41. The Kier molecular flexibility index (Phi) is 3.11. The number of nitrogens with zero attached hydrogens (tertiary/aromatic N) is 2. The monoisotopic (exact) mass is 187 g/mol. The molecule has 1 fully saturated rings. The Balaban J connectivity index is 2.66. The summed E-state index contributed by atoms with van der Waals surface area (Å²) < 4.78 is 5.22. The molecule has 0 aromatic rings. The number of hydrogen-bond donors (Lipinski definition) is 2. The fraction of sp³-hybridized carbons (Fsp3) is 0.875. The number of morpholine rings is 1. The maximum Gasteiger partial charge on any atom is 0.159 e. The molecule has 5 nitrogen and oxygen atoms in total. The molecule has 0 saturated carbocycles. The van der Waals surface area contributed by atoms with Gasteiger partial charge in [-0.25, -0.2) is 0 Å². The lowest BCUT2D eigenvalue weighted by Gasteiger charge is -2.39. The molecule has 0 spiro atoms. The van der Waals surface area contributed by atoms with Crippen LogP contribution >= 0.6 is 0 Å². The molecule has 3 N–H and O–H groups in total. The van der Waals surface area contributed by atoms with Crippen molar-refractivity contribution in [2.45, 2.75) is 19.4 Å². The van der Waals surface area contributed by atoms with Crippen molar-refractivity contribution in [3.8, 4) is 0 Å². The Labute approximate surface area is 78.1 Å². The molecular weight excluding hydrogens is 170 g/mol. The summed E-state index contributed by atoms with van der Waals surface area (Å²) in [5.41, 5.74) is 5.21. The summed E-state index contributed by atoms with van der Waals surface area (Å²) in [6.45, 7) is 6.94. The largest absolute Gasteiger partial charge is 0.409 e. The molecule has 1 saturated heterocycles. The van der Waals surface area contributed by atoms with Gasteiger partial charge in [0.2, 0.25) is 0 Å². The lowest BCUT2D eigenvalue weighted by molar-refractivity contribution is 0.00904. The summed E-state index contributed by atoms with van der Waals surface area (Å²) in [7, 11) is 0. The fourth-order valence-corrected chi connectivity index (χ4v) is 1.41. The quantitative estimate of drug-likeness (QED) is 0.273. The van der Waals surface area contributed by atoms with Crippen LogP contribution in [0.15, 0.2) is 5.16 Å². The number of hydrogen-bond acceptors (Lipinski definition) is 4. The van der Waals surface area contributed by atoms with Crippen LogP contribution in [-0.2, 0) is 4.74 Å². The number of oxime groups is 1. The zero-order valence-corrected chi connectivity index (χ0v) is 8.16. The highest BCUT2D eigenvalue weighted by atomic mass is 16.5. The van der Waals surface area contributed by atoms with E-state index in [-0.39, 0.29) is 5.84 Å². The summed E-state index contributed by atoms with van der Waals surface area (Å²) in [6, 6.07) is 0. The predicted molar refractivity (Wildman–Crippen MR) is 49.9 cm³/mol. The minimum Gasteiger partial charge on any atom is -0.409 e. The Bertz CT molecular complexity index is 198. The second-order valence-corrected chi connectivity index (χ2v) is 3.64. The van der Waals surface area contributed by atoms with Crippen molar-refractivity contribution in [3.63, 3.8) is 0 Å². The smallest absolute Gasteiger partial charge is 0.159 e. The molecule has 0 bridgehead atoms. The molecule has 1 aliphatic heterocycles. The van der Waals surface area contributed by atoms with E-state index in [2.05, 4.69) is 10.1 Å². The molecule has 0 aromatic heterocycles. The number of rotatable bonds is 2. The van der Waals surface area contributed by atoms with Crippen LogP contribution in [0.3, 0.4) is 0 Å². The maximum absolute atomic E-state index is 8.61. The van der Waals surface area contributed by atoms with E-state index in [1.807, 2.05) is 13.8 Å². The van der Waals surface area contributed by atoms with Gasteiger partial charge in [0.25, 0.3) is 0 Å². The minimum atomic E-state index is -0.390. The molecule has 0 aliphatic carbocycles. The van der Waals surface area contributed by atoms with E-state index in [0.717, 1.165) is 13.1 Å². The maximum atomic E-state index is 8.61. The van der Waals surface area contributed by atoms with Crippen molar-refractivity contribution in [2.24, 2.45) is 10.9 Å². The molecule has 5 heteroatoms. The van der Waals surface area contributed by atoms with Gasteiger partial charge in [-0.1, -0.05) is 5.16 Å².